The van der Waals surface area contributed by atoms with Gasteiger partial charge in [-0.15, -0.1) is 0 Å². The molecule has 66 valence electrons. The predicted octanol–water partition coefficient (Wildman–Crippen LogP) is 1.58. The predicted molar refractivity (Wildman–Crippen MR) is 56.6 cm³/mol. The van der Waals surface area contributed by atoms with Crippen LogP contribution < -0.4 is 0 Å². The van der Waals surface area contributed by atoms with Gasteiger partial charge in [0.05, 0.1) is 0 Å². The van der Waals surface area contributed by atoms with Crippen molar-refractivity contribution in [2.45, 2.75) is 6.92 Å². The van der Waals surface area contributed by atoms with Gasteiger partial charge in [-0.05, 0) is 35.6 Å². The Morgan fingerprint density at radius 3 is 2.85 bits per heavy atom. The van der Waals surface area contributed by atoms with Gasteiger partial charge in [-0.25, -0.2) is 14.6 Å². The normalized spacial score (nSPS) is 10.3. The maximum atomic E-state index is 4.24. The maximum absolute atomic E-state index is 4.24. The third-order valence-corrected chi connectivity index (χ3v) is 2.13. The van der Waals surface area contributed by atoms with Crippen molar-refractivity contribution in [3.63, 3.8) is 0 Å². The van der Waals surface area contributed by atoms with Crippen molar-refractivity contribution in [3.8, 4) is 5.82 Å². The average Bonchev–Trinajstić information content (AvgIpc) is 2.52. The SMILES string of the molecule is Cc1nccc(-n2ccc(I)n2)n1. The van der Waals surface area contributed by atoms with E-state index in [4.69, 9.17) is 0 Å². The van der Waals surface area contributed by atoms with Crippen molar-refractivity contribution >= 4 is 22.6 Å². The van der Waals surface area contributed by atoms with E-state index in [1.165, 1.54) is 0 Å². The molecule has 0 aromatic carbocycles. The summed E-state index contributed by atoms with van der Waals surface area (Å²) in [7, 11) is 0. The molecule has 0 bridgehead atoms. The smallest absolute Gasteiger partial charge is 0.157 e. The minimum atomic E-state index is 0.753. The van der Waals surface area contributed by atoms with E-state index in [1.54, 1.807) is 10.9 Å². The fraction of sp³-hybridized carbons (Fsp3) is 0.125. The molecule has 2 aromatic rings. The van der Waals surface area contributed by atoms with Gasteiger partial charge < -0.3 is 0 Å². The molecule has 0 saturated carbocycles. The Morgan fingerprint density at radius 1 is 1.38 bits per heavy atom. The van der Waals surface area contributed by atoms with Crippen molar-refractivity contribution in [1.29, 1.82) is 0 Å². The van der Waals surface area contributed by atoms with E-state index in [0.717, 1.165) is 15.3 Å². The van der Waals surface area contributed by atoms with E-state index in [1.807, 2.05) is 25.3 Å². The maximum Gasteiger partial charge on any atom is 0.157 e. The highest BCUT2D eigenvalue weighted by atomic mass is 127. The number of hydrogen-bond acceptors (Lipinski definition) is 3. The van der Waals surface area contributed by atoms with Gasteiger partial charge in [0.15, 0.2) is 5.82 Å². The van der Waals surface area contributed by atoms with E-state index in [0.29, 0.717) is 0 Å². The van der Waals surface area contributed by atoms with Crippen LogP contribution in [0.5, 0.6) is 0 Å². The first kappa shape index (κ1) is 8.61. The summed E-state index contributed by atoms with van der Waals surface area (Å²) in [5.74, 6) is 1.55. The third kappa shape index (κ3) is 1.85. The standard InChI is InChI=1S/C8H7IN4/c1-6-10-4-2-8(11-6)13-5-3-7(9)12-13/h2-5H,1H3. The fourth-order valence-electron chi connectivity index (χ4n) is 1.00. The summed E-state index contributed by atoms with van der Waals surface area (Å²) in [4.78, 5) is 8.26. The molecule has 2 rings (SSSR count). The largest absolute Gasteiger partial charge is 0.242 e. The molecule has 0 atom stereocenters. The molecule has 2 aromatic heterocycles. The van der Waals surface area contributed by atoms with Crippen molar-refractivity contribution in [2.75, 3.05) is 0 Å². The number of aromatic nitrogens is 4. The van der Waals surface area contributed by atoms with E-state index < -0.39 is 0 Å². The first-order chi connectivity index (χ1) is 6.25. The van der Waals surface area contributed by atoms with Crippen molar-refractivity contribution in [2.24, 2.45) is 0 Å². The summed E-state index contributed by atoms with van der Waals surface area (Å²) in [5.41, 5.74) is 0. The molecule has 0 unspecified atom stereocenters. The monoisotopic (exact) mass is 286 g/mol. The van der Waals surface area contributed by atoms with Crippen LogP contribution in [0.2, 0.25) is 0 Å². The molecular formula is C8H7IN4. The van der Waals surface area contributed by atoms with Gasteiger partial charge >= 0.3 is 0 Å². The van der Waals surface area contributed by atoms with Crippen LogP contribution in [-0.4, -0.2) is 19.7 Å². The molecule has 0 radical (unpaired) electrons. The molecule has 0 aliphatic rings. The molecule has 13 heavy (non-hydrogen) atoms. The number of rotatable bonds is 1. The molecular weight excluding hydrogens is 279 g/mol. The van der Waals surface area contributed by atoms with Gasteiger partial charge in [0, 0.05) is 18.5 Å². The minimum Gasteiger partial charge on any atom is -0.242 e. The zero-order valence-electron chi connectivity index (χ0n) is 6.98. The highest BCUT2D eigenvalue weighted by Gasteiger charge is 1.99. The molecule has 0 aliphatic carbocycles. The van der Waals surface area contributed by atoms with Gasteiger partial charge in [0.2, 0.25) is 0 Å². The first-order valence-corrected chi connectivity index (χ1v) is 4.85. The summed E-state index contributed by atoms with van der Waals surface area (Å²) in [6.45, 7) is 1.86. The Labute approximate surface area is 89.2 Å². The molecule has 0 fully saturated rings. The van der Waals surface area contributed by atoms with Crippen molar-refractivity contribution in [1.82, 2.24) is 19.7 Å². The molecule has 4 nitrogen and oxygen atoms in total. The zero-order chi connectivity index (χ0) is 9.26. The van der Waals surface area contributed by atoms with E-state index in [2.05, 4.69) is 37.7 Å². The van der Waals surface area contributed by atoms with Crippen LogP contribution in [0.25, 0.3) is 5.82 Å². The topological polar surface area (TPSA) is 43.6 Å². The lowest BCUT2D eigenvalue weighted by atomic mass is 10.5. The fourth-order valence-corrected chi connectivity index (χ4v) is 1.39. The van der Waals surface area contributed by atoms with Crippen LogP contribution in [0.4, 0.5) is 0 Å². The number of nitrogens with zero attached hydrogens (tertiary/aromatic N) is 4. The van der Waals surface area contributed by atoms with E-state index in [-0.39, 0.29) is 0 Å². The Balaban J connectivity index is 2.46. The lowest BCUT2D eigenvalue weighted by molar-refractivity contribution is 0.820. The summed E-state index contributed by atoms with van der Waals surface area (Å²) in [5, 5.41) is 4.24. The highest BCUT2D eigenvalue weighted by Crippen LogP contribution is 2.05. The Morgan fingerprint density at radius 2 is 2.23 bits per heavy atom. The summed E-state index contributed by atoms with van der Waals surface area (Å²) in [6.07, 6.45) is 3.61. The Kier molecular flexibility index (Phi) is 2.26. The average molecular weight is 286 g/mol. The van der Waals surface area contributed by atoms with Gasteiger partial charge in [-0.3, -0.25) is 0 Å². The van der Waals surface area contributed by atoms with Crippen LogP contribution in [0.15, 0.2) is 24.5 Å². The van der Waals surface area contributed by atoms with Gasteiger partial charge in [-0.2, -0.15) is 5.10 Å². The Bertz CT molecular complexity index is 424. The van der Waals surface area contributed by atoms with Crippen LogP contribution in [-0.2, 0) is 0 Å². The van der Waals surface area contributed by atoms with Crippen LogP contribution in [0.1, 0.15) is 5.82 Å². The van der Waals surface area contributed by atoms with Crippen molar-refractivity contribution < 1.29 is 0 Å². The molecule has 0 spiro atoms. The second kappa shape index (κ2) is 3.41. The van der Waals surface area contributed by atoms with Crippen molar-refractivity contribution in [3.05, 3.63) is 34.1 Å². The lowest BCUT2D eigenvalue weighted by Gasteiger charge is -1.99. The summed E-state index contributed by atoms with van der Waals surface area (Å²) < 4.78 is 2.69. The van der Waals surface area contributed by atoms with Gasteiger partial charge in [0.25, 0.3) is 0 Å². The summed E-state index contributed by atoms with van der Waals surface area (Å²) >= 11 is 2.16. The third-order valence-electron chi connectivity index (χ3n) is 1.55. The van der Waals surface area contributed by atoms with E-state index >= 15 is 0 Å². The number of halogens is 1. The zero-order valence-corrected chi connectivity index (χ0v) is 9.13. The van der Waals surface area contributed by atoms with Crippen LogP contribution in [0, 0.1) is 10.6 Å². The molecule has 0 amide bonds. The molecule has 0 saturated heterocycles. The molecule has 5 heteroatoms. The quantitative estimate of drug-likeness (QED) is 0.747. The number of hydrogen-bond donors (Lipinski definition) is 0. The second-order valence-corrected chi connectivity index (χ2v) is 3.65. The van der Waals surface area contributed by atoms with Gasteiger partial charge in [0.1, 0.15) is 9.53 Å². The minimum absolute atomic E-state index is 0.753. The van der Waals surface area contributed by atoms with Crippen LogP contribution in [0.3, 0.4) is 0 Å². The first-order valence-electron chi connectivity index (χ1n) is 3.77. The molecule has 2 heterocycles. The van der Waals surface area contributed by atoms with Gasteiger partial charge in [-0.1, -0.05) is 0 Å². The van der Waals surface area contributed by atoms with Crippen LogP contribution >= 0.6 is 22.6 Å². The lowest BCUT2D eigenvalue weighted by Crippen LogP contribution is -2.00. The molecule has 0 aliphatic heterocycles. The van der Waals surface area contributed by atoms with E-state index in [9.17, 15) is 0 Å². The highest BCUT2D eigenvalue weighted by molar-refractivity contribution is 14.1. The summed E-state index contributed by atoms with van der Waals surface area (Å²) in [6, 6.07) is 3.76. The Hall–Kier alpha value is -0.980. The molecule has 0 N–H and O–H groups in total. The second-order valence-electron chi connectivity index (χ2n) is 2.55. The number of aryl methyl sites for hydroxylation is 1.